The Labute approximate surface area is 167 Å². The monoisotopic (exact) mass is 367 g/mol. The summed E-state index contributed by atoms with van der Waals surface area (Å²) >= 11 is 0. The Balaban J connectivity index is 6.61. The molecule has 0 bridgehead atoms. The second kappa shape index (κ2) is 6.23. The van der Waals surface area contributed by atoms with E-state index in [1.54, 1.807) is 0 Å². The molecule has 0 amide bonds. The van der Waals surface area contributed by atoms with Crippen LogP contribution in [0.25, 0.3) is 0 Å². The summed E-state index contributed by atoms with van der Waals surface area (Å²) in [4.78, 5) is 0. The van der Waals surface area contributed by atoms with Crippen LogP contribution in [0.4, 0.5) is 0 Å². The predicted octanol–water partition coefficient (Wildman–Crippen LogP) is 7.93. The third-order valence-corrected chi connectivity index (χ3v) is 11.3. The molecule has 0 aliphatic carbocycles. The van der Waals surface area contributed by atoms with Crippen LogP contribution < -0.4 is 5.73 Å². The van der Waals surface area contributed by atoms with Crippen molar-refractivity contribution in [1.29, 1.82) is 0 Å². The molecule has 26 heavy (non-hydrogen) atoms. The molecule has 0 aromatic rings. The Morgan fingerprint density at radius 3 is 0.692 bits per heavy atom. The lowest BCUT2D eigenvalue weighted by molar-refractivity contribution is -0.200. The van der Waals surface area contributed by atoms with Gasteiger partial charge in [0.1, 0.15) is 0 Å². The number of nitrogens with two attached hydrogens (primary N) is 1. The van der Waals surface area contributed by atoms with Crippen molar-refractivity contribution >= 4 is 0 Å². The molecule has 0 heterocycles. The molecule has 0 aromatic carbocycles. The van der Waals surface area contributed by atoms with Crippen LogP contribution >= 0.6 is 0 Å². The lowest BCUT2D eigenvalue weighted by Crippen LogP contribution is -2.65. The van der Waals surface area contributed by atoms with Gasteiger partial charge in [-0.2, -0.15) is 0 Å². The van der Waals surface area contributed by atoms with Crippen LogP contribution in [0.5, 0.6) is 0 Å². The molecule has 1 heteroatoms. The molecule has 0 aromatic heterocycles. The van der Waals surface area contributed by atoms with Crippen molar-refractivity contribution in [3.63, 3.8) is 0 Å². The Morgan fingerprint density at radius 2 is 0.500 bits per heavy atom. The molecule has 158 valence electrons. The summed E-state index contributed by atoms with van der Waals surface area (Å²) in [5, 5.41) is 0. The van der Waals surface area contributed by atoms with E-state index in [1.165, 1.54) is 0 Å². The summed E-state index contributed by atoms with van der Waals surface area (Å²) in [6.45, 7) is 40.9. The molecule has 0 rings (SSSR count). The molecule has 0 aliphatic heterocycles. The molecule has 1 nitrogen and oxygen atoms in total. The number of hydrogen-bond acceptors (Lipinski definition) is 1. The molecule has 0 radical (unpaired) electrons. The minimum Gasteiger partial charge on any atom is -0.325 e. The number of rotatable bonds is 6. The van der Waals surface area contributed by atoms with Gasteiger partial charge in [-0.05, 0) is 51.8 Å². The van der Waals surface area contributed by atoms with E-state index < -0.39 is 0 Å². The van der Waals surface area contributed by atoms with E-state index in [-0.39, 0.29) is 43.4 Å². The van der Waals surface area contributed by atoms with E-state index in [0.717, 1.165) is 0 Å². The van der Waals surface area contributed by atoms with Gasteiger partial charge in [-0.15, -0.1) is 0 Å². The summed E-state index contributed by atoms with van der Waals surface area (Å²) < 4.78 is 0. The Hall–Kier alpha value is -0.0400. The molecular weight excluding hydrogens is 314 g/mol. The van der Waals surface area contributed by atoms with Gasteiger partial charge < -0.3 is 5.73 Å². The van der Waals surface area contributed by atoms with E-state index in [2.05, 4.69) is 118 Å². The minimum atomic E-state index is -0.256. The van der Waals surface area contributed by atoms with E-state index in [0.29, 0.717) is 0 Å². The smallest absolute Gasteiger partial charge is 0.0154 e. The van der Waals surface area contributed by atoms with Crippen LogP contribution in [0, 0.1) is 37.9 Å². The average molecular weight is 368 g/mol. The lowest BCUT2D eigenvalue weighted by atomic mass is 9.36. The van der Waals surface area contributed by atoms with Gasteiger partial charge >= 0.3 is 0 Å². The largest absolute Gasteiger partial charge is 0.325 e. The molecule has 0 atom stereocenters. The molecule has 0 saturated carbocycles. The third-order valence-electron chi connectivity index (χ3n) is 11.3. The van der Waals surface area contributed by atoms with E-state index in [1.807, 2.05) is 0 Å². The van der Waals surface area contributed by atoms with Crippen molar-refractivity contribution < 1.29 is 0 Å². The summed E-state index contributed by atoms with van der Waals surface area (Å²) in [6, 6.07) is 0. The van der Waals surface area contributed by atoms with Gasteiger partial charge in [0.15, 0.2) is 0 Å². The fraction of sp³-hybridized carbons (Fsp3) is 1.00. The predicted molar refractivity (Wildman–Crippen MR) is 120 cm³/mol. The van der Waals surface area contributed by atoms with Crippen molar-refractivity contribution in [3.05, 3.63) is 0 Å². The zero-order valence-corrected chi connectivity index (χ0v) is 21.6. The van der Waals surface area contributed by atoms with E-state index in [4.69, 9.17) is 5.73 Å². The maximum atomic E-state index is 6.70. The molecule has 0 fully saturated rings. The molecule has 0 aliphatic rings. The van der Waals surface area contributed by atoms with Gasteiger partial charge in [-0.25, -0.2) is 0 Å². The van der Waals surface area contributed by atoms with E-state index in [9.17, 15) is 0 Å². The minimum absolute atomic E-state index is 0.0251. The zero-order valence-electron chi connectivity index (χ0n) is 21.6. The second-order valence-corrected chi connectivity index (χ2v) is 13.7. The first-order valence-electron chi connectivity index (χ1n) is 10.5. The summed E-state index contributed by atoms with van der Waals surface area (Å²) in [5.74, 6) is 0. The zero-order chi connectivity index (χ0) is 22.0. The highest BCUT2D eigenvalue weighted by molar-refractivity contribution is 5.13. The van der Waals surface area contributed by atoms with Crippen LogP contribution in [0.3, 0.4) is 0 Å². The first-order chi connectivity index (χ1) is 10.8. The highest BCUT2D eigenvalue weighted by Gasteiger charge is 2.64. The van der Waals surface area contributed by atoms with Crippen molar-refractivity contribution in [1.82, 2.24) is 0 Å². The molecule has 0 saturated heterocycles. The topological polar surface area (TPSA) is 26.0 Å². The van der Waals surface area contributed by atoms with Gasteiger partial charge in [0.2, 0.25) is 0 Å². The van der Waals surface area contributed by atoms with Gasteiger partial charge in [0.25, 0.3) is 0 Å². The quantitative estimate of drug-likeness (QED) is 0.506. The standard InChI is InChI=1S/C25H53N/c1-18(2,3)19(4,5)20(6,7)21(8,9)22(10,11)23(12,13)24(14,15)25(16,17)26/h26H2,1-17H3. The molecule has 0 unspecified atom stereocenters. The second-order valence-electron chi connectivity index (χ2n) is 13.7. The average Bonchev–Trinajstić information content (AvgIpc) is 2.34. The molecule has 0 spiro atoms. The Bertz CT molecular complexity index is 451. The van der Waals surface area contributed by atoms with Crippen LogP contribution in [0.2, 0.25) is 0 Å². The molecule has 2 N–H and O–H groups in total. The van der Waals surface area contributed by atoms with Gasteiger partial charge in [-0.3, -0.25) is 0 Å². The fourth-order valence-corrected chi connectivity index (χ4v) is 4.87. The van der Waals surface area contributed by atoms with Gasteiger partial charge in [0.05, 0.1) is 0 Å². The van der Waals surface area contributed by atoms with Crippen molar-refractivity contribution in [3.8, 4) is 0 Å². The van der Waals surface area contributed by atoms with E-state index >= 15 is 0 Å². The maximum Gasteiger partial charge on any atom is 0.0154 e. The van der Waals surface area contributed by atoms with Crippen molar-refractivity contribution in [2.24, 2.45) is 43.6 Å². The van der Waals surface area contributed by atoms with Crippen molar-refractivity contribution in [2.75, 3.05) is 0 Å². The Morgan fingerprint density at radius 1 is 0.308 bits per heavy atom. The summed E-state index contributed by atoms with van der Waals surface area (Å²) in [5.41, 5.74) is 7.11. The third kappa shape index (κ3) is 3.19. The normalized spacial score (nSPS) is 16.8. The van der Waals surface area contributed by atoms with Crippen LogP contribution in [0.1, 0.15) is 118 Å². The van der Waals surface area contributed by atoms with Gasteiger partial charge in [0, 0.05) is 5.54 Å². The highest BCUT2D eigenvalue weighted by Crippen LogP contribution is 2.70. The van der Waals surface area contributed by atoms with Gasteiger partial charge in [-0.1, -0.05) is 104 Å². The number of hydrogen-bond donors (Lipinski definition) is 1. The summed E-state index contributed by atoms with van der Waals surface area (Å²) in [7, 11) is 0. The highest BCUT2D eigenvalue weighted by atomic mass is 14.8. The first-order valence-corrected chi connectivity index (χ1v) is 10.5. The molecular formula is C25H53N. The first kappa shape index (κ1) is 26.0. The van der Waals surface area contributed by atoms with Crippen LogP contribution in [0.15, 0.2) is 0 Å². The fourth-order valence-electron chi connectivity index (χ4n) is 4.87. The summed E-state index contributed by atoms with van der Waals surface area (Å²) in [6.07, 6.45) is 0. The maximum absolute atomic E-state index is 6.70. The SMILES string of the molecule is CC(C)(C)C(C)(C)C(C)(C)C(C)(C)C(C)(C)C(C)(C)C(C)(C)C(C)(C)N. The lowest BCUT2D eigenvalue weighted by Gasteiger charge is -2.69. The van der Waals surface area contributed by atoms with Crippen LogP contribution in [-0.4, -0.2) is 5.54 Å². The van der Waals surface area contributed by atoms with Crippen molar-refractivity contribution in [2.45, 2.75) is 123 Å². The Kier molecular flexibility index (Phi) is 6.22. The van der Waals surface area contributed by atoms with Crippen LogP contribution in [-0.2, 0) is 0 Å².